The van der Waals surface area contributed by atoms with Gasteiger partial charge in [0.15, 0.2) is 5.69 Å². The first-order valence-corrected chi connectivity index (χ1v) is 12.1. The van der Waals surface area contributed by atoms with E-state index in [1.54, 1.807) is 6.92 Å². The minimum Gasteiger partial charge on any atom is -0.390 e. The van der Waals surface area contributed by atoms with Crippen molar-refractivity contribution in [2.75, 3.05) is 5.43 Å². The molecular formula is C27H27F2N5O2. The smallest absolute Gasteiger partial charge is 0.272 e. The van der Waals surface area contributed by atoms with Gasteiger partial charge in [0.1, 0.15) is 17.3 Å². The third kappa shape index (κ3) is 3.41. The van der Waals surface area contributed by atoms with Gasteiger partial charge in [0.25, 0.3) is 5.91 Å². The van der Waals surface area contributed by atoms with Gasteiger partial charge in [-0.2, -0.15) is 0 Å². The molecule has 7 nitrogen and oxygen atoms in total. The summed E-state index contributed by atoms with van der Waals surface area (Å²) in [6, 6.07) is 5.75. The molecule has 2 fully saturated rings. The normalized spacial score (nSPS) is 27.8. The molecule has 36 heavy (non-hydrogen) atoms. The number of hydrazine groups is 1. The molecule has 1 aromatic heterocycles. The van der Waals surface area contributed by atoms with Crippen LogP contribution < -0.4 is 16.2 Å². The Kier molecular flexibility index (Phi) is 4.97. The van der Waals surface area contributed by atoms with E-state index in [-0.39, 0.29) is 29.1 Å². The number of rotatable bonds is 4. The van der Waals surface area contributed by atoms with Crippen LogP contribution in [0.1, 0.15) is 64.8 Å². The maximum Gasteiger partial charge on any atom is 0.272 e. The third-order valence-electron chi connectivity index (χ3n) is 7.90. The van der Waals surface area contributed by atoms with E-state index in [0.717, 1.165) is 22.4 Å². The highest BCUT2D eigenvalue weighted by atomic mass is 19.1. The molecule has 0 saturated heterocycles. The average Bonchev–Trinajstić information content (AvgIpc) is 3.55. The number of aryl methyl sites for hydroxylation is 1. The summed E-state index contributed by atoms with van der Waals surface area (Å²) < 4.78 is 29.5. The molecule has 2 aromatic carbocycles. The summed E-state index contributed by atoms with van der Waals surface area (Å²) in [5.74, 6) is -1.67. The minimum absolute atomic E-state index is 0.0338. The lowest BCUT2D eigenvalue weighted by molar-refractivity contribution is -0.0367. The van der Waals surface area contributed by atoms with E-state index in [0.29, 0.717) is 30.5 Å². The van der Waals surface area contributed by atoms with E-state index in [9.17, 15) is 18.7 Å². The molecule has 2 unspecified atom stereocenters. The van der Waals surface area contributed by atoms with E-state index in [1.807, 2.05) is 19.9 Å². The summed E-state index contributed by atoms with van der Waals surface area (Å²) in [5.41, 5.74) is 9.76. The van der Waals surface area contributed by atoms with Gasteiger partial charge in [-0.25, -0.2) is 19.2 Å². The van der Waals surface area contributed by atoms with Crippen molar-refractivity contribution in [1.82, 2.24) is 20.7 Å². The fourth-order valence-electron chi connectivity index (χ4n) is 5.94. The summed E-state index contributed by atoms with van der Waals surface area (Å²) in [4.78, 5) is 22.0. The van der Waals surface area contributed by atoms with Crippen LogP contribution in [-0.4, -0.2) is 32.6 Å². The summed E-state index contributed by atoms with van der Waals surface area (Å²) in [6.45, 7) is 5.72. The number of amides is 1. The second-order valence-corrected chi connectivity index (χ2v) is 10.6. The van der Waals surface area contributed by atoms with Crippen molar-refractivity contribution < 1.29 is 18.7 Å². The third-order valence-corrected chi connectivity index (χ3v) is 7.90. The van der Waals surface area contributed by atoms with Crippen molar-refractivity contribution in [3.63, 3.8) is 0 Å². The summed E-state index contributed by atoms with van der Waals surface area (Å²) in [6.07, 6.45) is 4.50. The molecule has 0 radical (unpaired) electrons. The molecule has 6 rings (SSSR count). The highest BCUT2D eigenvalue weighted by Crippen LogP contribution is 2.64. The molecule has 0 spiro atoms. The first-order valence-electron chi connectivity index (χ1n) is 12.1. The number of nitrogens with zero attached hydrogens (tertiary/aromatic N) is 2. The predicted octanol–water partition coefficient (Wildman–Crippen LogP) is 3.99. The second-order valence-electron chi connectivity index (χ2n) is 10.6. The SMILES string of the molecule is Cc1cc(-c2nccnc2C(=O)NC2CC(C)(O)C2)c2c(c1C)C1CC1(c1c(F)cccc1F)NN2. The number of hydrogen-bond acceptors (Lipinski definition) is 6. The first-order chi connectivity index (χ1) is 17.1. The first kappa shape index (κ1) is 23.0. The molecule has 4 N–H and O–H groups in total. The highest BCUT2D eigenvalue weighted by molar-refractivity contribution is 6.00. The quantitative estimate of drug-likeness (QED) is 0.441. The van der Waals surface area contributed by atoms with E-state index in [4.69, 9.17) is 0 Å². The molecule has 1 aliphatic heterocycles. The van der Waals surface area contributed by atoms with Crippen molar-refractivity contribution >= 4 is 11.6 Å². The van der Waals surface area contributed by atoms with Crippen molar-refractivity contribution in [2.45, 2.75) is 63.1 Å². The Balaban J connectivity index is 1.41. The molecule has 2 atom stereocenters. The average molecular weight is 492 g/mol. The Morgan fingerprint density at radius 1 is 1.14 bits per heavy atom. The van der Waals surface area contributed by atoms with Crippen LogP contribution in [0.3, 0.4) is 0 Å². The van der Waals surface area contributed by atoms with Crippen LogP contribution >= 0.6 is 0 Å². The Bertz CT molecular complexity index is 1400. The van der Waals surface area contributed by atoms with Crippen molar-refractivity contribution in [2.24, 2.45) is 0 Å². The fraction of sp³-hybridized carbons (Fsp3) is 0.370. The van der Waals surface area contributed by atoms with Crippen molar-refractivity contribution in [3.8, 4) is 11.3 Å². The Labute approximate surface area is 207 Å². The molecule has 186 valence electrons. The molecular weight excluding hydrogens is 464 g/mol. The highest BCUT2D eigenvalue weighted by Gasteiger charge is 2.62. The van der Waals surface area contributed by atoms with E-state index in [1.165, 1.54) is 30.6 Å². The topological polar surface area (TPSA) is 99.2 Å². The van der Waals surface area contributed by atoms with Crippen molar-refractivity contribution in [1.29, 1.82) is 0 Å². The molecule has 2 heterocycles. The lowest BCUT2D eigenvalue weighted by Crippen LogP contribution is -2.53. The second kappa shape index (κ2) is 7.78. The number of carbonyl (C=O) groups is 1. The number of nitrogens with one attached hydrogen (secondary N) is 3. The van der Waals surface area contributed by atoms with Crippen LogP contribution in [0.15, 0.2) is 36.7 Å². The maximum absolute atomic E-state index is 14.7. The molecule has 1 amide bonds. The Morgan fingerprint density at radius 2 is 1.83 bits per heavy atom. The van der Waals surface area contributed by atoms with Crippen LogP contribution in [0, 0.1) is 25.5 Å². The number of halogens is 2. The number of hydrogen-bond donors (Lipinski definition) is 4. The lowest BCUT2D eigenvalue weighted by Gasteiger charge is -2.41. The van der Waals surface area contributed by atoms with Crippen LogP contribution in [0.2, 0.25) is 0 Å². The zero-order chi connectivity index (χ0) is 25.4. The number of benzene rings is 2. The van der Waals surface area contributed by atoms with Gasteiger partial charge in [-0.05, 0) is 74.9 Å². The van der Waals surface area contributed by atoms with Crippen LogP contribution in [0.5, 0.6) is 0 Å². The molecule has 9 heteroatoms. The molecule has 3 aliphatic rings. The van der Waals surface area contributed by atoms with E-state index >= 15 is 0 Å². The van der Waals surface area contributed by atoms with Crippen LogP contribution in [0.25, 0.3) is 11.3 Å². The van der Waals surface area contributed by atoms with Crippen LogP contribution in [0.4, 0.5) is 14.5 Å². The number of fused-ring (bicyclic) bond motifs is 3. The maximum atomic E-state index is 14.7. The number of aliphatic hydroxyl groups is 1. The molecule has 3 aromatic rings. The van der Waals surface area contributed by atoms with Crippen molar-refractivity contribution in [3.05, 3.63) is 76.2 Å². The van der Waals surface area contributed by atoms with Gasteiger partial charge in [0.05, 0.1) is 16.8 Å². The standard InChI is InChI=1S/C27H27F2N5O2/c1-13-9-16(23-24(31-8-7-30-23)25(35)32-15-10-26(3,36)11-15)22-20(14(13)2)17-12-27(17,34-33-22)21-18(28)5-4-6-19(21)29/h4-9,15,17,33-34,36H,10-12H2,1-3H3,(H,32,35). The van der Waals surface area contributed by atoms with Gasteiger partial charge in [0.2, 0.25) is 0 Å². The largest absolute Gasteiger partial charge is 0.390 e. The van der Waals surface area contributed by atoms with E-state index < -0.39 is 22.8 Å². The lowest BCUT2D eigenvalue weighted by atomic mass is 9.77. The zero-order valence-corrected chi connectivity index (χ0v) is 20.2. The molecule has 2 aliphatic carbocycles. The zero-order valence-electron chi connectivity index (χ0n) is 20.2. The fourth-order valence-corrected chi connectivity index (χ4v) is 5.94. The molecule has 2 saturated carbocycles. The summed E-state index contributed by atoms with van der Waals surface area (Å²) in [7, 11) is 0. The van der Waals surface area contributed by atoms with Gasteiger partial charge in [-0.3, -0.25) is 9.78 Å². The van der Waals surface area contributed by atoms with E-state index in [2.05, 4.69) is 26.1 Å². The van der Waals surface area contributed by atoms with Gasteiger partial charge in [-0.15, -0.1) is 0 Å². The van der Waals surface area contributed by atoms with Gasteiger partial charge < -0.3 is 15.8 Å². The predicted molar refractivity (Wildman–Crippen MR) is 130 cm³/mol. The number of anilines is 1. The number of carbonyl (C=O) groups excluding carboxylic acids is 1. The van der Waals surface area contributed by atoms with Gasteiger partial charge in [0, 0.05) is 35.5 Å². The minimum atomic E-state index is -0.887. The monoisotopic (exact) mass is 491 g/mol. The summed E-state index contributed by atoms with van der Waals surface area (Å²) >= 11 is 0. The Morgan fingerprint density at radius 3 is 2.53 bits per heavy atom. The van der Waals surface area contributed by atoms with Crippen LogP contribution in [-0.2, 0) is 5.54 Å². The van der Waals surface area contributed by atoms with Gasteiger partial charge in [-0.1, -0.05) is 6.07 Å². The number of aromatic nitrogens is 2. The Hall–Kier alpha value is -3.43. The molecule has 0 bridgehead atoms. The summed E-state index contributed by atoms with van der Waals surface area (Å²) in [5, 5.41) is 13.0. The van der Waals surface area contributed by atoms with Gasteiger partial charge >= 0.3 is 0 Å².